The van der Waals surface area contributed by atoms with Crippen molar-refractivity contribution in [1.29, 1.82) is 0 Å². The zero-order chi connectivity index (χ0) is 12.8. The molecule has 0 spiro atoms. The first kappa shape index (κ1) is 13.5. The number of amides is 1. The molecule has 0 aliphatic carbocycles. The van der Waals surface area contributed by atoms with Crippen LogP contribution in [0.4, 0.5) is 0 Å². The molecule has 0 aliphatic heterocycles. The van der Waals surface area contributed by atoms with Gasteiger partial charge in [-0.25, -0.2) is 0 Å². The standard InChI is InChI=1S/C11H12BrNO4/c1-7(11(15)16)13-10(14)6-17-9-5-3-2-4-8(9)12/h2-5,7H,6H2,1H3,(H,13,14)(H,15,16)/t7-/m1/s1. The fraction of sp³-hybridized carbons (Fsp3) is 0.273. The lowest BCUT2D eigenvalue weighted by Gasteiger charge is -2.10. The molecule has 0 aromatic heterocycles. The van der Waals surface area contributed by atoms with Gasteiger partial charge in [-0.1, -0.05) is 12.1 Å². The minimum absolute atomic E-state index is 0.222. The number of aliphatic carboxylic acids is 1. The van der Waals surface area contributed by atoms with Gasteiger partial charge in [-0.05, 0) is 35.0 Å². The monoisotopic (exact) mass is 301 g/mol. The summed E-state index contributed by atoms with van der Waals surface area (Å²) >= 11 is 3.27. The molecule has 1 atom stereocenters. The fourth-order valence-corrected chi connectivity index (χ4v) is 1.45. The van der Waals surface area contributed by atoms with Crippen LogP contribution in [0.25, 0.3) is 0 Å². The largest absolute Gasteiger partial charge is 0.483 e. The maximum Gasteiger partial charge on any atom is 0.325 e. The van der Waals surface area contributed by atoms with Gasteiger partial charge >= 0.3 is 5.97 Å². The Hall–Kier alpha value is -1.56. The Morgan fingerprint density at radius 1 is 1.47 bits per heavy atom. The van der Waals surface area contributed by atoms with Crippen LogP contribution in [0.15, 0.2) is 28.7 Å². The molecule has 0 saturated heterocycles. The average Bonchev–Trinajstić information content (AvgIpc) is 2.27. The number of hydrogen-bond acceptors (Lipinski definition) is 3. The molecular weight excluding hydrogens is 290 g/mol. The zero-order valence-corrected chi connectivity index (χ0v) is 10.7. The van der Waals surface area contributed by atoms with Gasteiger partial charge in [0, 0.05) is 0 Å². The highest BCUT2D eigenvalue weighted by atomic mass is 79.9. The van der Waals surface area contributed by atoms with E-state index in [2.05, 4.69) is 21.2 Å². The Morgan fingerprint density at radius 3 is 2.71 bits per heavy atom. The van der Waals surface area contributed by atoms with E-state index in [0.717, 1.165) is 4.47 Å². The number of para-hydroxylation sites is 1. The first-order valence-corrected chi connectivity index (χ1v) is 5.69. The molecule has 0 bridgehead atoms. The van der Waals surface area contributed by atoms with Crippen LogP contribution < -0.4 is 10.1 Å². The van der Waals surface area contributed by atoms with Gasteiger partial charge in [0.1, 0.15) is 11.8 Å². The molecule has 0 fully saturated rings. The second-order valence-corrected chi connectivity index (χ2v) is 4.20. The SMILES string of the molecule is C[C@@H](NC(=O)COc1ccccc1Br)C(=O)O. The highest BCUT2D eigenvalue weighted by Gasteiger charge is 2.14. The van der Waals surface area contributed by atoms with E-state index in [1.165, 1.54) is 6.92 Å². The lowest BCUT2D eigenvalue weighted by atomic mass is 10.3. The molecule has 1 aromatic rings. The number of hydrogen-bond donors (Lipinski definition) is 2. The molecule has 5 nitrogen and oxygen atoms in total. The van der Waals surface area contributed by atoms with Crippen LogP contribution >= 0.6 is 15.9 Å². The van der Waals surface area contributed by atoms with Crippen molar-refractivity contribution in [2.75, 3.05) is 6.61 Å². The molecule has 0 heterocycles. The first-order valence-electron chi connectivity index (χ1n) is 4.90. The maximum absolute atomic E-state index is 11.3. The average molecular weight is 302 g/mol. The van der Waals surface area contributed by atoms with Gasteiger partial charge in [0.25, 0.3) is 5.91 Å². The fourth-order valence-electron chi connectivity index (χ4n) is 1.05. The molecule has 0 radical (unpaired) electrons. The van der Waals surface area contributed by atoms with Crippen LogP contribution in [0.5, 0.6) is 5.75 Å². The second-order valence-electron chi connectivity index (χ2n) is 3.35. The van der Waals surface area contributed by atoms with E-state index < -0.39 is 17.9 Å². The van der Waals surface area contributed by atoms with Crippen LogP contribution in [0.2, 0.25) is 0 Å². The maximum atomic E-state index is 11.3. The Balaban J connectivity index is 2.44. The van der Waals surface area contributed by atoms with Crippen LogP contribution in [-0.4, -0.2) is 29.6 Å². The molecule has 1 rings (SSSR count). The van der Waals surface area contributed by atoms with Gasteiger partial charge in [0.05, 0.1) is 4.47 Å². The van der Waals surface area contributed by atoms with Crippen molar-refractivity contribution in [1.82, 2.24) is 5.32 Å². The summed E-state index contributed by atoms with van der Waals surface area (Å²) in [5, 5.41) is 10.9. The molecular formula is C11H12BrNO4. The van der Waals surface area contributed by atoms with Crippen LogP contribution in [0, 0.1) is 0 Å². The van der Waals surface area contributed by atoms with E-state index in [-0.39, 0.29) is 6.61 Å². The van der Waals surface area contributed by atoms with Crippen molar-refractivity contribution < 1.29 is 19.4 Å². The second kappa shape index (κ2) is 6.24. The van der Waals surface area contributed by atoms with E-state index in [4.69, 9.17) is 9.84 Å². The lowest BCUT2D eigenvalue weighted by Crippen LogP contribution is -2.40. The molecule has 1 aromatic carbocycles. The molecule has 0 unspecified atom stereocenters. The zero-order valence-electron chi connectivity index (χ0n) is 9.14. The van der Waals surface area contributed by atoms with Crippen LogP contribution in [0.3, 0.4) is 0 Å². The number of halogens is 1. The Bertz CT molecular complexity index is 422. The normalized spacial score (nSPS) is 11.6. The van der Waals surface area contributed by atoms with E-state index in [1.54, 1.807) is 18.2 Å². The number of carbonyl (C=O) groups excluding carboxylic acids is 1. The van der Waals surface area contributed by atoms with Crippen molar-refractivity contribution in [2.24, 2.45) is 0 Å². The number of rotatable bonds is 5. The summed E-state index contributed by atoms with van der Waals surface area (Å²) in [6, 6.07) is 6.16. The number of carbonyl (C=O) groups is 2. The number of carboxylic acid groups (broad SMARTS) is 1. The van der Waals surface area contributed by atoms with Gasteiger partial charge < -0.3 is 15.2 Å². The van der Waals surface area contributed by atoms with Gasteiger partial charge in [-0.3, -0.25) is 9.59 Å². The predicted octanol–water partition coefficient (Wildman–Crippen LogP) is 1.42. The molecule has 0 aliphatic rings. The number of ether oxygens (including phenoxy) is 1. The summed E-state index contributed by atoms with van der Waals surface area (Å²) in [7, 11) is 0. The third kappa shape index (κ3) is 4.44. The van der Waals surface area contributed by atoms with E-state index in [9.17, 15) is 9.59 Å². The minimum Gasteiger partial charge on any atom is -0.483 e. The first-order chi connectivity index (χ1) is 8.00. The number of nitrogens with one attached hydrogen (secondary N) is 1. The summed E-state index contributed by atoms with van der Waals surface area (Å²) in [4.78, 5) is 21.8. The number of carboxylic acids is 1. The molecule has 17 heavy (non-hydrogen) atoms. The van der Waals surface area contributed by atoms with Crippen LogP contribution in [-0.2, 0) is 9.59 Å². The topological polar surface area (TPSA) is 75.6 Å². The third-order valence-corrected chi connectivity index (χ3v) is 2.60. The molecule has 0 saturated carbocycles. The summed E-state index contributed by atoms with van der Waals surface area (Å²) in [6.45, 7) is 1.17. The van der Waals surface area contributed by atoms with Crippen molar-refractivity contribution >= 4 is 27.8 Å². The summed E-state index contributed by atoms with van der Waals surface area (Å²) < 4.78 is 5.96. The predicted molar refractivity (Wildman–Crippen MR) is 64.9 cm³/mol. The van der Waals surface area contributed by atoms with Gasteiger partial charge in [-0.2, -0.15) is 0 Å². The molecule has 92 valence electrons. The van der Waals surface area contributed by atoms with Gasteiger partial charge in [0.15, 0.2) is 6.61 Å². The number of benzene rings is 1. The van der Waals surface area contributed by atoms with E-state index in [0.29, 0.717) is 5.75 Å². The van der Waals surface area contributed by atoms with Gasteiger partial charge in [0.2, 0.25) is 0 Å². The van der Waals surface area contributed by atoms with Crippen molar-refractivity contribution in [3.8, 4) is 5.75 Å². The third-order valence-electron chi connectivity index (χ3n) is 1.94. The van der Waals surface area contributed by atoms with Crippen LogP contribution in [0.1, 0.15) is 6.92 Å². The minimum atomic E-state index is -1.08. The van der Waals surface area contributed by atoms with Crippen molar-refractivity contribution in [2.45, 2.75) is 13.0 Å². The molecule has 1 amide bonds. The summed E-state index contributed by atoms with van der Waals surface area (Å²) in [6.07, 6.45) is 0. The van der Waals surface area contributed by atoms with E-state index in [1.807, 2.05) is 6.07 Å². The van der Waals surface area contributed by atoms with Gasteiger partial charge in [-0.15, -0.1) is 0 Å². The summed E-state index contributed by atoms with van der Waals surface area (Å²) in [5.74, 6) is -1.03. The van der Waals surface area contributed by atoms with E-state index >= 15 is 0 Å². The smallest absolute Gasteiger partial charge is 0.325 e. The van der Waals surface area contributed by atoms with Crippen molar-refractivity contribution in [3.05, 3.63) is 28.7 Å². The Labute approximate surface area is 107 Å². The Kier molecular flexibility index (Phi) is 4.96. The molecule has 2 N–H and O–H groups in total. The quantitative estimate of drug-likeness (QED) is 0.862. The highest BCUT2D eigenvalue weighted by molar-refractivity contribution is 9.10. The lowest BCUT2D eigenvalue weighted by molar-refractivity contribution is -0.141. The summed E-state index contributed by atoms with van der Waals surface area (Å²) in [5.41, 5.74) is 0. The Morgan fingerprint density at radius 2 is 2.12 bits per heavy atom. The van der Waals surface area contributed by atoms with Crippen molar-refractivity contribution in [3.63, 3.8) is 0 Å². The highest BCUT2D eigenvalue weighted by Crippen LogP contribution is 2.23. The molecule has 6 heteroatoms.